The lowest BCUT2D eigenvalue weighted by atomic mass is 10.2. The molecule has 1 rings (SSSR count). The first-order valence-corrected chi connectivity index (χ1v) is 8.18. The zero-order chi connectivity index (χ0) is 18.5. The molecule has 8 nitrogen and oxygen atoms in total. The third kappa shape index (κ3) is 8.43. The average molecular weight is 369 g/mol. The molecule has 1 aromatic carbocycles. The number of thiocarbonyl (C=S) groups is 1. The first kappa shape index (κ1) is 20.8. The van der Waals surface area contributed by atoms with Gasteiger partial charge in [0.15, 0.2) is 5.11 Å². The molecule has 9 heteroatoms. The highest BCUT2D eigenvalue weighted by Crippen LogP contribution is 2.17. The summed E-state index contributed by atoms with van der Waals surface area (Å²) < 4.78 is 15.5. The lowest BCUT2D eigenvalue weighted by molar-refractivity contribution is -0.122. The van der Waals surface area contributed by atoms with E-state index < -0.39 is 5.91 Å². The second-order valence-electron chi connectivity index (χ2n) is 4.74. The summed E-state index contributed by atoms with van der Waals surface area (Å²) in [6.45, 7) is 3.43. The van der Waals surface area contributed by atoms with Crippen molar-refractivity contribution in [1.29, 1.82) is 0 Å². The molecule has 0 bridgehead atoms. The zero-order valence-electron chi connectivity index (χ0n) is 14.3. The molecule has 1 aromatic rings. The van der Waals surface area contributed by atoms with Crippen molar-refractivity contribution in [1.82, 2.24) is 16.2 Å². The van der Waals surface area contributed by atoms with Crippen LogP contribution in [0.3, 0.4) is 0 Å². The summed E-state index contributed by atoms with van der Waals surface area (Å²) in [7, 11) is 1.56. The van der Waals surface area contributed by atoms with Gasteiger partial charge in [0.25, 0.3) is 5.91 Å². The van der Waals surface area contributed by atoms with Crippen LogP contribution < -0.4 is 20.9 Å². The van der Waals surface area contributed by atoms with Gasteiger partial charge in [-0.1, -0.05) is 12.1 Å². The first-order chi connectivity index (χ1) is 12.1. The molecular formula is C16H23N3O5S. The number of rotatable bonds is 9. The monoisotopic (exact) mass is 369 g/mol. The minimum atomic E-state index is -0.450. The largest absolute Gasteiger partial charge is 0.490 e. The summed E-state index contributed by atoms with van der Waals surface area (Å²) >= 11 is 4.98. The fourth-order valence-corrected chi connectivity index (χ4v) is 1.86. The number of methoxy groups -OCH3 is 1. The van der Waals surface area contributed by atoms with Crippen LogP contribution in [0.25, 0.3) is 0 Å². The van der Waals surface area contributed by atoms with Gasteiger partial charge < -0.3 is 14.2 Å². The summed E-state index contributed by atoms with van der Waals surface area (Å²) in [5, 5.41) is 2.45. The Morgan fingerprint density at radius 1 is 1.12 bits per heavy atom. The molecule has 0 spiro atoms. The maximum atomic E-state index is 12.3. The van der Waals surface area contributed by atoms with E-state index in [0.29, 0.717) is 37.7 Å². The maximum absolute atomic E-state index is 12.3. The number of benzene rings is 1. The smallest absolute Gasteiger partial charge is 0.261 e. The van der Waals surface area contributed by atoms with E-state index >= 15 is 0 Å². The molecule has 0 aliphatic rings. The van der Waals surface area contributed by atoms with Gasteiger partial charge in [-0.3, -0.25) is 25.8 Å². The molecule has 0 radical (unpaired) electrons. The van der Waals surface area contributed by atoms with Crippen molar-refractivity contribution in [3.8, 4) is 5.75 Å². The number of amides is 2. The first-order valence-electron chi connectivity index (χ1n) is 7.77. The van der Waals surface area contributed by atoms with E-state index in [9.17, 15) is 9.59 Å². The summed E-state index contributed by atoms with van der Waals surface area (Å²) in [6.07, 6.45) is 0.188. The molecule has 0 heterocycles. The molecular weight excluding hydrogens is 346 g/mol. The van der Waals surface area contributed by atoms with E-state index in [0.717, 1.165) is 0 Å². The van der Waals surface area contributed by atoms with Crippen LogP contribution in [0.4, 0.5) is 0 Å². The van der Waals surface area contributed by atoms with Gasteiger partial charge in [-0.05, 0) is 31.3 Å². The Morgan fingerprint density at radius 2 is 1.88 bits per heavy atom. The fourth-order valence-electron chi connectivity index (χ4n) is 1.71. The number of hydrazine groups is 1. The van der Waals surface area contributed by atoms with Gasteiger partial charge >= 0.3 is 0 Å². The van der Waals surface area contributed by atoms with Gasteiger partial charge in [-0.2, -0.15) is 0 Å². The van der Waals surface area contributed by atoms with Gasteiger partial charge in [0.1, 0.15) is 12.4 Å². The van der Waals surface area contributed by atoms with Crippen LogP contribution >= 0.6 is 12.2 Å². The van der Waals surface area contributed by atoms with Crippen LogP contribution in [0.1, 0.15) is 23.7 Å². The van der Waals surface area contributed by atoms with Gasteiger partial charge in [-0.15, -0.1) is 0 Å². The van der Waals surface area contributed by atoms with E-state index in [1.807, 2.05) is 6.92 Å². The molecule has 0 atom stereocenters. The highest BCUT2D eigenvalue weighted by molar-refractivity contribution is 7.80. The molecule has 0 saturated carbocycles. The number of para-hydroxylation sites is 1. The Kier molecular flexibility index (Phi) is 10.1. The predicted molar refractivity (Wildman–Crippen MR) is 96.3 cm³/mol. The van der Waals surface area contributed by atoms with E-state index in [2.05, 4.69) is 16.2 Å². The van der Waals surface area contributed by atoms with Crippen LogP contribution in [0, 0.1) is 0 Å². The summed E-state index contributed by atoms with van der Waals surface area (Å²) in [6, 6.07) is 6.76. The van der Waals surface area contributed by atoms with Gasteiger partial charge in [0.05, 0.1) is 25.2 Å². The molecule has 0 fully saturated rings. The third-order valence-electron chi connectivity index (χ3n) is 2.90. The molecule has 138 valence electrons. The minimum absolute atomic E-state index is 0.0264. The van der Waals surface area contributed by atoms with Gasteiger partial charge in [-0.25, -0.2) is 0 Å². The van der Waals surface area contributed by atoms with Crippen molar-refractivity contribution < 1.29 is 23.8 Å². The highest BCUT2D eigenvalue weighted by Gasteiger charge is 2.13. The van der Waals surface area contributed by atoms with Crippen LogP contribution in [0.2, 0.25) is 0 Å². The van der Waals surface area contributed by atoms with Crippen molar-refractivity contribution in [3.63, 3.8) is 0 Å². The Hall–Kier alpha value is -2.23. The molecule has 25 heavy (non-hydrogen) atoms. The van der Waals surface area contributed by atoms with E-state index in [1.165, 1.54) is 0 Å². The van der Waals surface area contributed by atoms with E-state index in [-0.39, 0.29) is 17.4 Å². The van der Waals surface area contributed by atoms with Crippen molar-refractivity contribution in [2.45, 2.75) is 13.3 Å². The van der Waals surface area contributed by atoms with Crippen LogP contribution in [-0.2, 0) is 14.3 Å². The van der Waals surface area contributed by atoms with Crippen molar-refractivity contribution in [2.24, 2.45) is 0 Å². The second kappa shape index (κ2) is 12.2. The minimum Gasteiger partial charge on any atom is -0.490 e. The average Bonchev–Trinajstić information content (AvgIpc) is 2.61. The van der Waals surface area contributed by atoms with Crippen LogP contribution in [-0.4, -0.2) is 50.5 Å². The molecule has 2 amide bonds. The van der Waals surface area contributed by atoms with Crippen molar-refractivity contribution in [3.05, 3.63) is 29.8 Å². The standard InChI is InChI=1S/C16H23N3O5S/c1-3-23-9-8-14(20)18-19-16(25)17-15(21)12-6-4-5-7-13(12)24-11-10-22-2/h4-7H,3,8-11H2,1-2H3,(H,18,20)(H2,17,19,21,25). The second-order valence-corrected chi connectivity index (χ2v) is 5.15. The van der Waals surface area contributed by atoms with Crippen LogP contribution in [0.15, 0.2) is 24.3 Å². The van der Waals surface area contributed by atoms with Crippen molar-refractivity contribution >= 4 is 29.1 Å². The lowest BCUT2D eigenvalue weighted by Crippen LogP contribution is -2.48. The number of nitrogens with one attached hydrogen (secondary N) is 3. The summed E-state index contributed by atoms with van der Waals surface area (Å²) in [5.74, 6) is -0.331. The van der Waals surface area contributed by atoms with E-state index in [1.54, 1.807) is 31.4 Å². The summed E-state index contributed by atoms with van der Waals surface area (Å²) in [4.78, 5) is 23.8. The van der Waals surface area contributed by atoms with Crippen molar-refractivity contribution in [2.75, 3.05) is 33.5 Å². The molecule has 3 N–H and O–H groups in total. The molecule has 0 aliphatic heterocycles. The predicted octanol–water partition coefficient (Wildman–Crippen LogP) is 0.774. The summed E-state index contributed by atoms with van der Waals surface area (Å²) in [5.41, 5.74) is 5.17. The Morgan fingerprint density at radius 3 is 2.60 bits per heavy atom. The Labute approximate surface area is 152 Å². The zero-order valence-corrected chi connectivity index (χ0v) is 15.1. The molecule has 0 unspecified atom stereocenters. The highest BCUT2D eigenvalue weighted by atomic mass is 32.1. The maximum Gasteiger partial charge on any atom is 0.261 e. The van der Waals surface area contributed by atoms with Gasteiger partial charge in [0, 0.05) is 13.7 Å². The topological polar surface area (TPSA) is 97.9 Å². The SMILES string of the molecule is CCOCCC(=O)NNC(=S)NC(=O)c1ccccc1OCCOC. The fraction of sp³-hybridized carbons (Fsp3) is 0.438. The normalized spacial score (nSPS) is 10.0. The quantitative estimate of drug-likeness (QED) is 0.336. The number of ether oxygens (including phenoxy) is 3. The number of hydrogen-bond acceptors (Lipinski definition) is 6. The Bertz CT molecular complexity index is 583. The lowest BCUT2D eigenvalue weighted by Gasteiger charge is -2.13. The van der Waals surface area contributed by atoms with Gasteiger partial charge in [0.2, 0.25) is 5.91 Å². The van der Waals surface area contributed by atoms with E-state index in [4.69, 9.17) is 26.4 Å². The number of hydrogen-bond donors (Lipinski definition) is 3. The third-order valence-corrected chi connectivity index (χ3v) is 3.10. The number of carbonyl (C=O) groups excluding carboxylic acids is 2. The molecule has 0 aliphatic carbocycles. The molecule has 0 aromatic heterocycles. The molecule has 0 saturated heterocycles. The number of carbonyl (C=O) groups is 2. The van der Waals surface area contributed by atoms with Crippen LogP contribution in [0.5, 0.6) is 5.75 Å². The Balaban J connectivity index is 2.47.